The third kappa shape index (κ3) is 4.59. The zero-order valence-corrected chi connectivity index (χ0v) is 13.4. The highest BCUT2D eigenvalue weighted by atomic mass is 16.6. The summed E-state index contributed by atoms with van der Waals surface area (Å²) in [5, 5.41) is 6.41. The predicted molar refractivity (Wildman–Crippen MR) is 79.5 cm³/mol. The van der Waals surface area contributed by atoms with Crippen LogP contribution in [0.4, 0.5) is 4.79 Å². The summed E-state index contributed by atoms with van der Waals surface area (Å²) in [6.45, 7) is 8.73. The Morgan fingerprint density at radius 3 is 2.81 bits per heavy atom. The minimum absolute atomic E-state index is 0.0260. The lowest BCUT2D eigenvalue weighted by Gasteiger charge is -2.39. The van der Waals surface area contributed by atoms with E-state index in [1.165, 1.54) is 5.01 Å². The summed E-state index contributed by atoms with van der Waals surface area (Å²) in [6, 6.07) is 0. The fourth-order valence-corrected chi connectivity index (χ4v) is 2.78. The van der Waals surface area contributed by atoms with E-state index in [1.54, 1.807) is 5.01 Å². The number of amides is 2. The average molecular weight is 297 g/mol. The Balaban J connectivity index is 1.95. The van der Waals surface area contributed by atoms with E-state index in [0.717, 1.165) is 25.9 Å². The number of hydrogen-bond acceptors (Lipinski definition) is 4. The van der Waals surface area contributed by atoms with Crippen LogP contribution in [0.15, 0.2) is 0 Å². The first-order valence-electron chi connectivity index (χ1n) is 7.88. The number of hydrogen-bond donors (Lipinski definition) is 1. The summed E-state index contributed by atoms with van der Waals surface area (Å²) in [6.07, 6.45) is 2.88. The van der Waals surface area contributed by atoms with E-state index in [0.29, 0.717) is 31.8 Å². The van der Waals surface area contributed by atoms with Crippen LogP contribution in [-0.4, -0.2) is 53.8 Å². The first-order chi connectivity index (χ1) is 9.87. The number of ether oxygens (including phenoxy) is 1. The van der Waals surface area contributed by atoms with E-state index in [1.807, 2.05) is 20.8 Å². The molecule has 0 aromatic heterocycles. The summed E-state index contributed by atoms with van der Waals surface area (Å²) < 4.78 is 5.41. The van der Waals surface area contributed by atoms with Gasteiger partial charge in [0, 0.05) is 19.5 Å². The number of carbonyl (C=O) groups excluding carboxylic acids is 2. The Bertz CT molecular complexity index is 386. The first kappa shape index (κ1) is 16.1. The molecule has 6 nitrogen and oxygen atoms in total. The molecule has 2 heterocycles. The van der Waals surface area contributed by atoms with E-state index < -0.39 is 11.7 Å². The molecule has 1 atom stereocenters. The van der Waals surface area contributed by atoms with Gasteiger partial charge in [0.2, 0.25) is 5.91 Å². The first-order valence-corrected chi connectivity index (χ1v) is 7.88. The molecule has 0 radical (unpaired) electrons. The van der Waals surface area contributed by atoms with Gasteiger partial charge in [-0.15, -0.1) is 0 Å². The zero-order chi connectivity index (χ0) is 15.5. The maximum Gasteiger partial charge on any atom is 0.429 e. The molecule has 0 aromatic carbocycles. The molecule has 0 spiro atoms. The van der Waals surface area contributed by atoms with Gasteiger partial charge in [-0.25, -0.2) is 14.8 Å². The molecule has 21 heavy (non-hydrogen) atoms. The van der Waals surface area contributed by atoms with Crippen LogP contribution in [0.3, 0.4) is 0 Å². The second kappa shape index (κ2) is 6.64. The van der Waals surface area contributed by atoms with Crippen LogP contribution in [0.1, 0.15) is 46.5 Å². The Hall–Kier alpha value is -1.30. The molecule has 2 rings (SSSR count). The molecule has 2 amide bonds. The number of carbonyl (C=O) groups is 2. The topological polar surface area (TPSA) is 61.9 Å². The minimum Gasteiger partial charge on any atom is -0.442 e. The van der Waals surface area contributed by atoms with Gasteiger partial charge in [-0.05, 0) is 59.0 Å². The van der Waals surface area contributed by atoms with Crippen molar-refractivity contribution >= 4 is 12.0 Å². The van der Waals surface area contributed by atoms with Crippen LogP contribution >= 0.6 is 0 Å². The molecule has 2 aliphatic heterocycles. The number of nitrogens with zero attached hydrogens (tertiary/aromatic N) is 2. The summed E-state index contributed by atoms with van der Waals surface area (Å²) in [4.78, 5) is 24.4. The van der Waals surface area contributed by atoms with Crippen LogP contribution in [-0.2, 0) is 9.53 Å². The molecule has 120 valence electrons. The minimum atomic E-state index is -0.543. The number of hydrazine groups is 1. The van der Waals surface area contributed by atoms with Crippen LogP contribution < -0.4 is 5.32 Å². The highest BCUT2D eigenvalue weighted by Gasteiger charge is 2.33. The highest BCUT2D eigenvalue weighted by Crippen LogP contribution is 2.20. The fourth-order valence-electron chi connectivity index (χ4n) is 2.78. The van der Waals surface area contributed by atoms with Gasteiger partial charge >= 0.3 is 6.09 Å². The van der Waals surface area contributed by atoms with Crippen molar-refractivity contribution in [3.8, 4) is 0 Å². The Morgan fingerprint density at radius 1 is 1.43 bits per heavy atom. The molecule has 0 aliphatic carbocycles. The van der Waals surface area contributed by atoms with Crippen molar-refractivity contribution in [2.45, 2.75) is 52.1 Å². The summed E-state index contributed by atoms with van der Waals surface area (Å²) in [5.74, 6) is 0.623. The maximum atomic E-state index is 12.3. The lowest BCUT2D eigenvalue weighted by Crippen LogP contribution is -2.54. The third-order valence-corrected chi connectivity index (χ3v) is 3.86. The summed E-state index contributed by atoms with van der Waals surface area (Å²) >= 11 is 0. The van der Waals surface area contributed by atoms with Crippen molar-refractivity contribution < 1.29 is 14.3 Å². The van der Waals surface area contributed by atoms with Gasteiger partial charge < -0.3 is 10.1 Å². The third-order valence-electron chi connectivity index (χ3n) is 3.86. The van der Waals surface area contributed by atoms with Crippen LogP contribution in [0, 0.1) is 5.92 Å². The lowest BCUT2D eigenvalue weighted by atomic mass is 10.0. The van der Waals surface area contributed by atoms with Crippen molar-refractivity contribution in [2.24, 2.45) is 5.92 Å². The van der Waals surface area contributed by atoms with Gasteiger partial charge in [0.05, 0.1) is 0 Å². The summed E-state index contributed by atoms with van der Waals surface area (Å²) in [7, 11) is 0. The fraction of sp³-hybridized carbons (Fsp3) is 0.867. The van der Waals surface area contributed by atoms with Gasteiger partial charge in [0.1, 0.15) is 5.60 Å². The largest absolute Gasteiger partial charge is 0.442 e. The van der Waals surface area contributed by atoms with E-state index in [-0.39, 0.29) is 5.91 Å². The monoisotopic (exact) mass is 297 g/mol. The molecule has 0 bridgehead atoms. The van der Waals surface area contributed by atoms with Crippen molar-refractivity contribution in [1.29, 1.82) is 0 Å². The standard InChI is InChI=1S/C15H27N3O3/c1-15(2,3)21-14(20)18-9-4-5-13(19)17(18)10-7-12-6-8-16-11-12/h12,16H,4-11H2,1-3H3. The van der Waals surface area contributed by atoms with Gasteiger partial charge in [0.15, 0.2) is 0 Å². The second-order valence-corrected chi connectivity index (χ2v) is 6.87. The van der Waals surface area contributed by atoms with Crippen molar-refractivity contribution in [3.05, 3.63) is 0 Å². The lowest BCUT2D eigenvalue weighted by molar-refractivity contribution is -0.154. The molecule has 2 saturated heterocycles. The average Bonchev–Trinajstić information content (AvgIpc) is 2.88. The SMILES string of the molecule is CC(C)(C)OC(=O)N1CCCC(=O)N1CCC1CCNC1. The van der Waals surface area contributed by atoms with Crippen LogP contribution in [0.25, 0.3) is 0 Å². The molecule has 0 aromatic rings. The maximum absolute atomic E-state index is 12.3. The van der Waals surface area contributed by atoms with Crippen molar-refractivity contribution in [2.75, 3.05) is 26.2 Å². The predicted octanol–water partition coefficient (Wildman–Crippen LogP) is 1.76. The molecular formula is C15H27N3O3. The van der Waals surface area contributed by atoms with Crippen LogP contribution in [0.5, 0.6) is 0 Å². The van der Waals surface area contributed by atoms with E-state index in [9.17, 15) is 9.59 Å². The molecule has 6 heteroatoms. The molecular weight excluding hydrogens is 270 g/mol. The van der Waals surface area contributed by atoms with E-state index in [4.69, 9.17) is 4.74 Å². The Morgan fingerprint density at radius 2 is 2.19 bits per heavy atom. The molecule has 2 fully saturated rings. The normalized spacial score (nSPS) is 23.6. The Kier molecular flexibility index (Phi) is 5.08. The van der Waals surface area contributed by atoms with E-state index in [2.05, 4.69) is 5.32 Å². The second-order valence-electron chi connectivity index (χ2n) is 6.87. The quantitative estimate of drug-likeness (QED) is 0.862. The molecule has 2 aliphatic rings. The zero-order valence-electron chi connectivity index (χ0n) is 13.4. The molecule has 0 saturated carbocycles. The van der Waals surface area contributed by atoms with Gasteiger partial charge in [-0.2, -0.15) is 0 Å². The van der Waals surface area contributed by atoms with Crippen molar-refractivity contribution in [3.63, 3.8) is 0 Å². The van der Waals surface area contributed by atoms with E-state index >= 15 is 0 Å². The number of rotatable bonds is 3. The number of nitrogens with one attached hydrogen (secondary N) is 1. The highest BCUT2D eigenvalue weighted by molar-refractivity contribution is 5.80. The molecule has 1 unspecified atom stereocenters. The Labute approximate surface area is 126 Å². The van der Waals surface area contributed by atoms with Gasteiger partial charge in [0.25, 0.3) is 0 Å². The van der Waals surface area contributed by atoms with Gasteiger partial charge in [-0.1, -0.05) is 0 Å². The summed E-state index contributed by atoms with van der Waals surface area (Å²) in [5.41, 5.74) is -0.543. The van der Waals surface area contributed by atoms with Gasteiger partial charge in [-0.3, -0.25) is 4.79 Å². The molecule has 1 N–H and O–H groups in total. The smallest absolute Gasteiger partial charge is 0.429 e. The van der Waals surface area contributed by atoms with Crippen LogP contribution in [0.2, 0.25) is 0 Å². The van der Waals surface area contributed by atoms with Crippen molar-refractivity contribution in [1.82, 2.24) is 15.3 Å².